The lowest BCUT2D eigenvalue weighted by Crippen LogP contribution is -2.40. The quantitative estimate of drug-likeness (QED) is 0.851. The highest BCUT2D eigenvalue weighted by Gasteiger charge is 2.37. The molecule has 0 aliphatic carbocycles. The van der Waals surface area contributed by atoms with Crippen molar-refractivity contribution < 1.29 is 14.1 Å². The van der Waals surface area contributed by atoms with Crippen LogP contribution in [0.5, 0.6) is 5.75 Å². The molecule has 2 aliphatic heterocycles. The first-order chi connectivity index (χ1) is 11.2. The number of hydrogen-bond donors (Lipinski definition) is 0. The molecule has 2 aromatic rings. The summed E-state index contributed by atoms with van der Waals surface area (Å²) in [4.78, 5) is 19.2. The average molecular weight is 313 g/mol. The monoisotopic (exact) mass is 313 g/mol. The second kappa shape index (κ2) is 5.68. The van der Waals surface area contributed by atoms with Crippen molar-refractivity contribution in [3.63, 3.8) is 0 Å². The van der Waals surface area contributed by atoms with Gasteiger partial charge in [0.05, 0.1) is 12.0 Å². The minimum atomic E-state index is -0.140. The van der Waals surface area contributed by atoms with Crippen molar-refractivity contribution in [2.45, 2.75) is 32.2 Å². The van der Waals surface area contributed by atoms with E-state index in [2.05, 4.69) is 10.1 Å². The number of fused-ring (bicyclic) bond motifs is 1. The summed E-state index contributed by atoms with van der Waals surface area (Å²) in [5.74, 6) is 2.03. The number of nitrogens with zero attached hydrogens (tertiary/aromatic N) is 3. The number of aryl methyl sites for hydroxylation is 1. The highest BCUT2D eigenvalue weighted by molar-refractivity contribution is 5.80. The second-order valence-electron chi connectivity index (χ2n) is 6.18. The van der Waals surface area contributed by atoms with Gasteiger partial charge in [0.15, 0.2) is 5.82 Å². The summed E-state index contributed by atoms with van der Waals surface area (Å²) < 4.78 is 10.8. The van der Waals surface area contributed by atoms with Gasteiger partial charge in [-0.1, -0.05) is 23.4 Å². The number of ether oxygens (including phenoxy) is 1. The Kier molecular flexibility index (Phi) is 3.52. The number of carbonyl (C=O) groups is 1. The van der Waals surface area contributed by atoms with Crippen LogP contribution in [0, 0.1) is 12.8 Å². The van der Waals surface area contributed by atoms with Gasteiger partial charge in [0.1, 0.15) is 12.4 Å². The molecule has 1 fully saturated rings. The molecule has 2 aliphatic rings. The topological polar surface area (TPSA) is 68.5 Å². The lowest BCUT2D eigenvalue weighted by atomic mass is 9.95. The molecular formula is C17H19N3O3. The van der Waals surface area contributed by atoms with Gasteiger partial charge in [-0.05, 0) is 30.9 Å². The predicted octanol–water partition coefficient (Wildman–Crippen LogP) is 2.29. The summed E-state index contributed by atoms with van der Waals surface area (Å²) in [5.41, 5.74) is 1.10. The van der Waals surface area contributed by atoms with Crippen LogP contribution in [0.3, 0.4) is 0 Å². The number of hydrogen-bond acceptors (Lipinski definition) is 5. The van der Waals surface area contributed by atoms with E-state index in [-0.39, 0.29) is 17.9 Å². The summed E-state index contributed by atoms with van der Waals surface area (Å²) in [5, 5.41) is 4.00. The smallest absolute Gasteiger partial charge is 0.230 e. The van der Waals surface area contributed by atoms with Gasteiger partial charge in [0.25, 0.3) is 0 Å². The van der Waals surface area contributed by atoms with Crippen LogP contribution in [0.1, 0.15) is 36.2 Å². The van der Waals surface area contributed by atoms with Gasteiger partial charge in [0, 0.05) is 13.5 Å². The molecule has 2 atom stereocenters. The zero-order valence-corrected chi connectivity index (χ0v) is 13.1. The SMILES string of the molecule is Cc1nc([C@H]2CCCN2C(=O)[C@@H]2COc3ccccc3C2)no1. The third-order valence-corrected chi connectivity index (χ3v) is 4.61. The fraction of sp³-hybridized carbons (Fsp3) is 0.471. The molecule has 23 heavy (non-hydrogen) atoms. The lowest BCUT2D eigenvalue weighted by molar-refractivity contribution is -0.138. The molecule has 1 amide bonds. The Morgan fingerprint density at radius 2 is 2.22 bits per heavy atom. The highest BCUT2D eigenvalue weighted by Crippen LogP contribution is 2.34. The predicted molar refractivity (Wildman–Crippen MR) is 81.9 cm³/mol. The Morgan fingerprint density at radius 1 is 1.35 bits per heavy atom. The van der Waals surface area contributed by atoms with E-state index < -0.39 is 0 Å². The van der Waals surface area contributed by atoms with E-state index in [9.17, 15) is 4.79 Å². The molecule has 0 radical (unpaired) electrons. The number of benzene rings is 1. The molecule has 6 nitrogen and oxygen atoms in total. The van der Waals surface area contributed by atoms with Gasteiger partial charge in [0.2, 0.25) is 11.8 Å². The normalized spacial score (nSPS) is 23.4. The Balaban J connectivity index is 1.52. The number of rotatable bonds is 2. The van der Waals surface area contributed by atoms with Crippen LogP contribution in [-0.2, 0) is 11.2 Å². The second-order valence-corrected chi connectivity index (χ2v) is 6.18. The van der Waals surface area contributed by atoms with Crippen LogP contribution in [-0.4, -0.2) is 34.1 Å². The molecule has 0 N–H and O–H groups in total. The van der Waals surface area contributed by atoms with E-state index in [1.807, 2.05) is 29.2 Å². The van der Waals surface area contributed by atoms with E-state index in [1.165, 1.54) is 0 Å². The van der Waals surface area contributed by atoms with Crippen LogP contribution in [0.2, 0.25) is 0 Å². The molecule has 1 aromatic carbocycles. The third kappa shape index (κ3) is 2.58. The molecule has 3 heterocycles. The first-order valence-corrected chi connectivity index (χ1v) is 8.04. The summed E-state index contributed by atoms with van der Waals surface area (Å²) in [6.45, 7) is 2.95. The maximum Gasteiger partial charge on any atom is 0.230 e. The van der Waals surface area contributed by atoms with Gasteiger partial charge in [-0.2, -0.15) is 4.98 Å². The van der Waals surface area contributed by atoms with Gasteiger partial charge in [-0.3, -0.25) is 4.79 Å². The first kappa shape index (κ1) is 14.2. The summed E-state index contributed by atoms with van der Waals surface area (Å²) in [6.07, 6.45) is 2.58. The van der Waals surface area contributed by atoms with Crippen molar-refractivity contribution in [1.29, 1.82) is 0 Å². The van der Waals surface area contributed by atoms with E-state index in [0.717, 1.165) is 37.1 Å². The Bertz CT molecular complexity index is 727. The molecular weight excluding hydrogens is 294 g/mol. The van der Waals surface area contributed by atoms with Crippen molar-refractivity contribution >= 4 is 5.91 Å². The Hall–Kier alpha value is -2.37. The molecule has 6 heteroatoms. The number of likely N-dealkylation sites (tertiary alicyclic amines) is 1. The number of carbonyl (C=O) groups excluding carboxylic acids is 1. The van der Waals surface area contributed by atoms with E-state index in [4.69, 9.17) is 9.26 Å². The van der Waals surface area contributed by atoms with Crippen molar-refractivity contribution in [2.75, 3.05) is 13.2 Å². The van der Waals surface area contributed by atoms with E-state index >= 15 is 0 Å². The summed E-state index contributed by atoms with van der Waals surface area (Å²) in [6, 6.07) is 7.85. The maximum absolute atomic E-state index is 13.0. The number of para-hydroxylation sites is 1. The van der Waals surface area contributed by atoms with Crippen molar-refractivity contribution in [1.82, 2.24) is 15.0 Å². The van der Waals surface area contributed by atoms with Crippen LogP contribution in [0.15, 0.2) is 28.8 Å². The zero-order chi connectivity index (χ0) is 15.8. The van der Waals surface area contributed by atoms with Crippen LogP contribution in [0.25, 0.3) is 0 Å². The van der Waals surface area contributed by atoms with Crippen molar-refractivity contribution in [2.24, 2.45) is 5.92 Å². The molecule has 120 valence electrons. The van der Waals surface area contributed by atoms with Crippen LogP contribution < -0.4 is 4.74 Å². The summed E-state index contributed by atoms with van der Waals surface area (Å²) >= 11 is 0. The van der Waals surface area contributed by atoms with Crippen LogP contribution >= 0.6 is 0 Å². The minimum Gasteiger partial charge on any atom is -0.492 e. The van der Waals surface area contributed by atoms with E-state index in [1.54, 1.807) is 6.92 Å². The van der Waals surface area contributed by atoms with Crippen molar-refractivity contribution in [3.05, 3.63) is 41.5 Å². The molecule has 0 saturated carbocycles. The first-order valence-electron chi connectivity index (χ1n) is 8.04. The largest absolute Gasteiger partial charge is 0.492 e. The summed E-state index contributed by atoms with van der Waals surface area (Å²) in [7, 11) is 0. The fourth-order valence-corrected chi connectivity index (χ4v) is 3.47. The molecule has 1 saturated heterocycles. The highest BCUT2D eigenvalue weighted by atomic mass is 16.5. The Labute approximate surface area is 134 Å². The third-order valence-electron chi connectivity index (χ3n) is 4.61. The standard InChI is InChI=1S/C17H19N3O3/c1-11-18-16(19-23-11)14-6-4-8-20(14)17(21)13-9-12-5-2-3-7-15(12)22-10-13/h2-3,5,7,13-14H,4,6,8-10H2,1H3/t13-,14+/m0/s1. The maximum atomic E-state index is 13.0. The number of amides is 1. The molecule has 0 spiro atoms. The van der Waals surface area contributed by atoms with Gasteiger partial charge < -0.3 is 14.2 Å². The molecule has 4 rings (SSSR count). The lowest BCUT2D eigenvalue weighted by Gasteiger charge is -2.30. The number of aromatic nitrogens is 2. The van der Waals surface area contributed by atoms with Crippen LogP contribution in [0.4, 0.5) is 0 Å². The zero-order valence-electron chi connectivity index (χ0n) is 13.1. The van der Waals surface area contributed by atoms with Gasteiger partial charge in [-0.25, -0.2) is 0 Å². The van der Waals surface area contributed by atoms with Gasteiger partial charge in [-0.15, -0.1) is 0 Å². The molecule has 1 aromatic heterocycles. The molecule has 0 unspecified atom stereocenters. The minimum absolute atomic E-state index is 0.0721. The van der Waals surface area contributed by atoms with Crippen molar-refractivity contribution in [3.8, 4) is 5.75 Å². The Morgan fingerprint density at radius 3 is 3.04 bits per heavy atom. The fourth-order valence-electron chi connectivity index (χ4n) is 3.47. The average Bonchev–Trinajstić information content (AvgIpc) is 3.22. The molecule has 0 bridgehead atoms. The van der Waals surface area contributed by atoms with E-state index in [0.29, 0.717) is 18.3 Å². The van der Waals surface area contributed by atoms with Gasteiger partial charge >= 0.3 is 0 Å².